The zero-order valence-electron chi connectivity index (χ0n) is 14.0. The molecule has 3 rings (SSSR count). The smallest absolute Gasteiger partial charge is 0.264 e. The summed E-state index contributed by atoms with van der Waals surface area (Å²) in [5, 5.41) is 6.14. The first-order valence-electron chi connectivity index (χ1n) is 7.98. The lowest BCUT2D eigenvalue weighted by Crippen LogP contribution is -2.20. The Labute approximate surface area is 165 Å². The third-order valence-electron chi connectivity index (χ3n) is 3.67. The lowest BCUT2D eigenvalue weighted by Gasteiger charge is -2.09. The Morgan fingerprint density at radius 2 is 2.04 bits per heavy atom. The van der Waals surface area contributed by atoms with Gasteiger partial charge in [0.2, 0.25) is 0 Å². The van der Waals surface area contributed by atoms with E-state index in [9.17, 15) is 4.79 Å². The Balaban J connectivity index is 1.63. The molecule has 1 N–H and O–H groups in total. The fourth-order valence-corrected chi connectivity index (χ4v) is 3.62. The summed E-state index contributed by atoms with van der Waals surface area (Å²) < 4.78 is 5.61. The number of aromatic nitrogens is 1. The van der Waals surface area contributed by atoms with E-state index in [0.717, 1.165) is 23.3 Å². The Hall–Kier alpha value is -2.08. The number of carbonyl (C=O) groups excluding carboxylic acids is 1. The topological polar surface area (TPSA) is 51.2 Å². The quantitative estimate of drug-likeness (QED) is 0.571. The van der Waals surface area contributed by atoms with Gasteiger partial charge in [-0.2, -0.15) is 0 Å². The van der Waals surface area contributed by atoms with E-state index < -0.39 is 0 Å². The molecule has 0 saturated heterocycles. The number of aryl methyl sites for hydroxylation is 1. The predicted molar refractivity (Wildman–Crippen MR) is 108 cm³/mol. The van der Waals surface area contributed by atoms with Crippen molar-refractivity contribution in [2.45, 2.75) is 13.3 Å². The molecule has 2 aromatic carbocycles. The average Bonchev–Trinajstić information content (AvgIpc) is 3.08. The van der Waals surface area contributed by atoms with Crippen LogP contribution in [-0.4, -0.2) is 17.5 Å². The zero-order chi connectivity index (χ0) is 18.5. The molecule has 0 radical (unpaired) electrons. The van der Waals surface area contributed by atoms with Crippen LogP contribution in [0.4, 0.5) is 5.13 Å². The third kappa shape index (κ3) is 4.55. The third-order valence-corrected chi connectivity index (χ3v) is 4.98. The van der Waals surface area contributed by atoms with Crippen molar-refractivity contribution in [3.8, 4) is 17.0 Å². The Kier molecular flexibility index (Phi) is 6.14. The van der Waals surface area contributed by atoms with Gasteiger partial charge in [0.25, 0.3) is 5.91 Å². The van der Waals surface area contributed by atoms with Crippen molar-refractivity contribution in [3.63, 3.8) is 0 Å². The highest BCUT2D eigenvalue weighted by Gasteiger charge is 2.12. The lowest BCUT2D eigenvalue weighted by molar-refractivity contribution is -0.118. The first kappa shape index (κ1) is 18.7. The number of hydrogen-bond acceptors (Lipinski definition) is 4. The summed E-state index contributed by atoms with van der Waals surface area (Å²) in [6.07, 6.45) is 0.843. The monoisotopic (exact) mass is 406 g/mol. The van der Waals surface area contributed by atoms with E-state index in [1.165, 1.54) is 11.3 Å². The van der Waals surface area contributed by atoms with E-state index >= 15 is 0 Å². The molecule has 0 unspecified atom stereocenters. The van der Waals surface area contributed by atoms with Gasteiger partial charge in [0.1, 0.15) is 5.75 Å². The largest absolute Gasteiger partial charge is 0.483 e. The molecule has 7 heteroatoms. The minimum atomic E-state index is -0.265. The molecule has 0 bridgehead atoms. The van der Waals surface area contributed by atoms with Crippen LogP contribution in [0.5, 0.6) is 5.75 Å². The van der Waals surface area contributed by atoms with Crippen LogP contribution in [0.15, 0.2) is 47.8 Å². The van der Waals surface area contributed by atoms with Crippen LogP contribution < -0.4 is 10.1 Å². The number of hydrogen-bond donors (Lipinski definition) is 1. The Morgan fingerprint density at radius 3 is 2.81 bits per heavy atom. The van der Waals surface area contributed by atoms with E-state index in [1.54, 1.807) is 18.2 Å². The summed E-state index contributed by atoms with van der Waals surface area (Å²) in [6, 6.07) is 12.9. The normalized spacial score (nSPS) is 10.6. The molecule has 26 heavy (non-hydrogen) atoms. The molecule has 134 valence electrons. The van der Waals surface area contributed by atoms with Crippen molar-refractivity contribution in [2.75, 3.05) is 11.9 Å². The first-order valence-corrected chi connectivity index (χ1v) is 9.62. The van der Waals surface area contributed by atoms with Gasteiger partial charge < -0.3 is 4.74 Å². The van der Waals surface area contributed by atoms with Crippen LogP contribution in [0.3, 0.4) is 0 Å². The van der Waals surface area contributed by atoms with Crippen LogP contribution in [0, 0.1) is 0 Å². The number of nitrogens with zero attached hydrogens (tertiary/aromatic N) is 1. The SMILES string of the molecule is CCc1ccccc1OCC(=O)Nc1nc(-c2ccc(Cl)cc2Cl)cs1. The highest BCUT2D eigenvalue weighted by atomic mass is 35.5. The number of benzene rings is 2. The number of amides is 1. The van der Waals surface area contributed by atoms with Crippen LogP contribution in [0.1, 0.15) is 12.5 Å². The molecule has 0 saturated carbocycles. The molecule has 0 atom stereocenters. The standard InChI is InChI=1S/C19H16Cl2N2O2S/c1-2-12-5-3-4-6-17(12)25-10-18(24)23-19-22-16(11-26-19)14-8-7-13(20)9-15(14)21/h3-9,11H,2,10H2,1H3,(H,22,23,24). The summed E-state index contributed by atoms with van der Waals surface area (Å²) in [7, 11) is 0. The van der Waals surface area contributed by atoms with Gasteiger partial charge in [-0.3, -0.25) is 10.1 Å². The van der Waals surface area contributed by atoms with Crippen LogP contribution in [0.2, 0.25) is 10.0 Å². The number of para-hydroxylation sites is 1. The van der Waals surface area contributed by atoms with Gasteiger partial charge in [0.15, 0.2) is 11.7 Å². The predicted octanol–water partition coefficient (Wildman–Crippen LogP) is 5.70. The number of rotatable bonds is 6. The number of halogens is 2. The van der Waals surface area contributed by atoms with Crippen LogP contribution in [0.25, 0.3) is 11.3 Å². The molecule has 0 aliphatic carbocycles. The summed E-state index contributed by atoms with van der Waals surface area (Å²) in [4.78, 5) is 16.5. The highest BCUT2D eigenvalue weighted by molar-refractivity contribution is 7.14. The molecule has 1 aromatic heterocycles. The maximum atomic E-state index is 12.1. The van der Waals surface area contributed by atoms with Crippen LogP contribution >= 0.6 is 34.5 Å². The molecule has 0 spiro atoms. The van der Waals surface area contributed by atoms with Crippen molar-refractivity contribution in [1.29, 1.82) is 0 Å². The molecular weight excluding hydrogens is 391 g/mol. The van der Waals surface area contributed by atoms with Crippen LogP contribution in [-0.2, 0) is 11.2 Å². The van der Waals surface area contributed by atoms with Gasteiger partial charge in [0, 0.05) is 16.0 Å². The molecule has 0 aliphatic rings. The number of anilines is 1. The van der Waals surface area contributed by atoms with Gasteiger partial charge in [-0.1, -0.05) is 48.3 Å². The fraction of sp³-hybridized carbons (Fsp3) is 0.158. The van der Waals surface area contributed by atoms with Crippen molar-refractivity contribution in [3.05, 3.63) is 63.5 Å². The summed E-state index contributed by atoms with van der Waals surface area (Å²) in [6.45, 7) is 1.97. The van der Waals surface area contributed by atoms with Crippen molar-refractivity contribution >= 4 is 45.6 Å². The minimum Gasteiger partial charge on any atom is -0.483 e. The molecule has 1 amide bonds. The van der Waals surface area contributed by atoms with Gasteiger partial charge in [-0.25, -0.2) is 4.98 Å². The van der Waals surface area contributed by atoms with Gasteiger partial charge >= 0.3 is 0 Å². The molecular formula is C19H16Cl2N2O2S. The zero-order valence-corrected chi connectivity index (χ0v) is 16.3. The maximum absolute atomic E-state index is 12.1. The minimum absolute atomic E-state index is 0.0758. The van der Waals surface area contributed by atoms with E-state index in [0.29, 0.717) is 20.9 Å². The van der Waals surface area contributed by atoms with E-state index in [2.05, 4.69) is 10.3 Å². The average molecular weight is 407 g/mol. The summed E-state index contributed by atoms with van der Waals surface area (Å²) in [5.74, 6) is 0.455. The fourth-order valence-electron chi connectivity index (χ4n) is 2.39. The van der Waals surface area contributed by atoms with E-state index in [4.69, 9.17) is 27.9 Å². The Morgan fingerprint density at radius 1 is 1.23 bits per heavy atom. The molecule has 3 aromatic rings. The van der Waals surface area contributed by atoms with Gasteiger partial charge in [-0.05, 0) is 36.2 Å². The summed E-state index contributed by atoms with van der Waals surface area (Å²) >= 11 is 13.4. The number of nitrogens with one attached hydrogen (secondary N) is 1. The molecule has 0 fully saturated rings. The second-order valence-electron chi connectivity index (χ2n) is 5.46. The molecule has 0 aliphatic heterocycles. The second-order valence-corrected chi connectivity index (χ2v) is 7.16. The van der Waals surface area contributed by atoms with Gasteiger partial charge in [-0.15, -0.1) is 11.3 Å². The summed E-state index contributed by atoms with van der Waals surface area (Å²) in [5.41, 5.74) is 2.51. The number of ether oxygens (including phenoxy) is 1. The number of thiazole rings is 1. The Bertz CT molecular complexity index is 927. The van der Waals surface area contributed by atoms with Crippen molar-refractivity contribution < 1.29 is 9.53 Å². The number of carbonyl (C=O) groups is 1. The van der Waals surface area contributed by atoms with E-state index in [-0.39, 0.29) is 12.5 Å². The first-order chi connectivity index (χ1) is 12.6. The highest BCUT2D eigenvalue weighted by Crippen LogP contribution is 2.32. The van der Waals surface area contributed by atoms with E-state index in [1.807, 2.05) is 36.6 Å². The van der Waals surface area contributed by atoms with Crippen molar-refractivity contribution in [2.24, 2.45) is 0 Å². The second kappa shape index (κ2) is 8.54. The molecule has 4 nitrogen and oxygen atoms in total. The maximum Gasteiger partial charge on any atom is 0.264 e. The lowest BCUT2D eigenvalue weighted by atomic mass is 10.1. The van der Waals surface area contributed by atoms with Crippen molar-refractivity contribution in [1.82, 2.24) is 4.98 Å². The molecule has 1 heterocycles. The van der Waals surface area contributed by atoms with Gasteiger partial charge in [0.05, 0.1) is 10.7 Å².